The van der Waals surface area contributed by atoms with Crippen LogP contribution in [0.25, 0.3) is 0 Å². The molecule has 4 rings (SSSR count). The van der Waals surface area contributed by atoms with Gasteiger partial charge in [0.05, 0.1) is 0 Å². The van der Waals surface area contributed by atoms with Crippen LogP contribution in [-0.2, 0) is 15.1 Å². The summed E-state index contributed by atoms with van der Waals surface area (Å²) in [6.07, 6.45) is 3.57. The number of rotatable bonds is 1. The first-order chi connectivity index (χ1) is 10.1. The number of hydrogen-bond acceptors (Lipinski definition) is 2. The molecule has 21 heavy (non-hydrogen) atoms. The van der Waals surface area contributed by atoms with E-state index in [0.29, 0.717) is 6.54 Å². The summed E-state index contributed by atoms with van der Waals surface area (Å²) in [4.78, 5) is 29.2. The highest BCUT2D eigenvalue weighted by Gasteiger charge is 2.58. The molecular formula is C16H17BrN2O2. The maximum absolute atomic E-state index is 13.0. The fraction of sp³-hybridized carbons (Fsp3) is 0.500. The Morgan fingerprint density at radius 3 is 2.86 bits per heavy atom. The Balaban J connectivity index is 1.88. The molecule has 3 aliphatic rings. The largest absolute Gasteiger partial charge is 0.324 e. The Labute approximate surface area is 132 Å². The van der Waals surface area contributed by atoms with Crippen molar-refractivity contribution in [3.63, 3.8) is 0 Å². The Bertz CT molecular complexity index is 656. The van der Waals surface area contributed by atoms with Gasteiger partial charge in [0, 0.05) is 35.2 Å². The molecule has 1 atom stereocenters. The molecule has 1 aliphatic carbocycles. The summed E-state index contributed by atoms with van der Waals surface area (Å²) in [5, 5.41) is 0. The molecule has 1 saturated heterocycles. The summed E-state index contributed by atoms with van der Waals surface area (Å²) in [6.45, 7) is 0.695. The first-order valence-electron chi connectivity index (χ1n) is 7.45. The zero-order chi connectivity index (χ0) is 14.8. The van der Waals surface area contributed by atoms with Gasteiger partial charge in [0.2, 0.25) is 5.91 Å². The van der Waals surface area contributed by atoms with E-state index in [1.54, 1.807) is 4.90 Å². The second-order valence-corrected chi connectivity index (χ2v) is 7.17. The van der Waals surface area contributed by atoms with Crippen molar-refractivity contribution < 1.29 is 9.59 Å². The Kier molecular flexibility index (Phi) is 2.74. The molecule has 1 saturated carbocycles. The molecule has 4 nitrogen and oxygen atoms in total. The standard InChI is InChI=1S/C16H17BrN2O2/c1-18-13-6-5-11(17)9-12(13)16(15(18)21)7-2-8-19(16)14(20)10-3-4-10/h5-6,9-10H,2-4,7-8H2,1H3. The van der Waals surface area contributed by atoms with Crippen molar-refractivity contribution in [3.05, 3.63) is 28.2 Å². The zero-order valence-electron chi connectivity index (χ0n) is 11.9. The third-order valence-corrected chi connectivity index (χ3v) is 5.49. The normalized spacial score (nSPS) is 27.6. The summed E-state index contributed by atoms with van der Waals surface area (Å²) in [5.41, 5.74) is 1.16. The third-order valence-electron chi connectivity index (χ3n) is 5.00. The van der Waals surface area contributed by atoms with Crippen LogP contribution in [0.1, 0.15) is 31.2 Å². The number of likely N-dealkylation sites (N-methyl/N-ethyl adjacent to an activating group) is 1. The van der Waals surface area contributed by atoms with Crippen LogP contribution in [0.5, 0.6) is 0 Å². The smallest absolute Gasteiger partial charge is 0.257 e. The Morgan fingerprint density at radius 2 is 2.14 bits per heavy atom. The number of anilines is 1. The zero-order valence-corrected chi connectivity index (χ0v) is 13.5. The van der Waals surface area contributed by atoms with Crippen LogP contribution in [0.2, 0.25) is 0 Å². The van der Waals surface area contributed by atoms with Gasteiger partial charge in [0.15, 0.2) is 0 Å². The second kappa shape index (κ2) is 4.32. The number of carbonyl (C=O) groups excluding carboxylic acids is 2. The highest BCUT2D eigenvalue weighted by atomic mass is 79.9. The van der Waals surface area contributed by atoms with E-state index in [1.165, 1.54) is 0 Å². The molecule has 0 bridgehead atoms. The third kappa shape index (κ3) is 1.67. The summed E-state index contributed by atoms with van der Waals surface area (Å²) < 4.78 is 0.953. The van der Waals surface area contributed by atoms with Crippen molar-refractivity contribution in [2.24, 2.45) is 5.92 Å². The van der Waals surface area contributed by atoms with Gasteiger partial charge in [-0.05, 0) is 43.9 Å². The highest BCUT2D eigenvalue weighted by molar-refractivity contribution is 9.10. The summed E-state index contributed by atoms with van der Waals surface area (Å²) in [5.74, 6) is 0.360. The monoisotopic (exact) mass is 348 g/mol. The van der Waals surface area contributed by atoms with Crippen molar-refractivity contribution in [2.75, 3.05) is 18.5 Å². The van der Waals surface area contributed by atoms with E-state index in [1.807, 2.05) is 30.1 Å². The number of carbonyl (C=O) groups is 2. The van der Waals surface area contributed by atoms with Crippen molar-refractivity contribution in [3.8, 4) is 0 Å². The molecule has 2 aliphatic heterocycles. The molecule has 2 fully saturated rings. The molecule has 1 aromatic rings. The minimum Gasteiger partial charge on any atom is -0.324 e. The molecule has 5 heteroatoms. The lowest BCUT2D eigenvalue weighted by atomic mass is 9.88. The van der Waals surface area contributed by atoms with E-state index in [-0.39, 0.29) is 17.7 Å². The average Bonchev–Trinajstić information content (AvgIpc) is 3.20. The molecule has 0 radical (unpaired) electrons. The Hall–Kier alpha value is -1.36. The first-order valence-corrected chi connectivity index (χ1v) is 8.24. The van der Waals surface area contributed by atoms with Gasteiger partial charge in [0.25, 0.3) is 5.91 Å². The summed E-state index contributed by atoms with van der Waals surface area (Å²) in [7, 11) is 1.81. The van der Waals surface area contributed by atoms with Gasteiger partial charge in [-0.15, -0.1) is 0 Å². The first kappa shape index (κ1) is 13.3. The highest BCUT2D eigenvalue weighted by Crippen LogP contribution is 2.51. The maximum atomic E-state index is 13.0. The van der Waals surface area contributed by atoms with E-state index in [4.69, 9.17) is 0 Å². The molecule has 110 valence electrons. The van der Waals surface area contributed by atoms with Crippen molar-refractivity contribution >= 4 is 33.4 Å². The number of amides is 2. The van der Waals surface area contributed by atoms with Gasteiger partial charge in [-0.1, -0.05) is 15.9 Å². The molecule has 1 unspecified atom stereocenters. The van der Waals surface area contributed by atoms with Gasteiger partial charge in [-0.2, -0.15) is 0 Å². The van der Waals surface area contributed by atoms with Crippen molar-refractivity contribution in [2.45, 2.75) is 31.2 Å². The number of likely N-dealkylation sites (tertiary alicyclic amines) is 1. The lowest BCUT2D eigenvalue weighted by molar-refractivity contribution is -0.144. The summed E-state index contributed by atoms with van der Waals surface area (Å²) >= 11 is 3.50. The minimum absolute atomic E-state index is 0.0436. The van der Waals surface area contributed by atoms with Crippen LogP contribution in [0.4, 0.5) is 5.69 Å². The topological polar surface area (TPSA) is 40.6 Å². The van der Waals surface area contributed by atoms with Gasteiger partial charge >= 0.3 is 0 Å². The predicted molar refractivity (Wildman–Crippen MR) is 82.9 cm³/mol. The fourth-order valence-corrected chi connectivity index (χ4v) is 4.17. The fourth-order valence-electron chi connectivity index (χ4n) is 3.80. The molecule has 1 aromatic carbocycles. The number of benzene rings is 1. The van der Waals surface area contributed by atoms with E-state index >= 15 is 0 Å². The predicted octanol–water partition coefficient (Wildman–Crippen LogP) is 2.65. The minimum atomic E-state index is -0.756. The number of halogens is 1. The van der Waals surface area contributed by atoms with Crippen LogP contribution in [-0.4, -0.2) is 30.3 Å². The van der Waals surface area contributed by atoms with E-state index in [9.17, 15) is 9.59 Å². The van der Waals surface area contributed by atoms with Gasteiger partial charge in [0.1, 0.15) is 5.54 Å². The van der Waals surface area contributed by atoms with Crippen molar-refractivity contribution in [1.82, 2.24) is 4.90 Å². The van der Waals surface area contributed by atoms with E-state index < -0.39 is 5.54 Å². The molecule has 1 spiro atoms. The Morgan fingerprint density at radius 1 is 1.38 bits per heavy atom. The second-order valence-electron chi connectivity index (χ2n) is 6.25. The van der Waals surface area contributed by atoms with Crippen LogP contribution in [0.15, 0.2) is 22.7 Å². The average molecular weight is 349 g/mol. The van der Waals surface area contributed by atoms with Crippen LogP contribution in [0.3, 0.4) is 0 Å². The van der Waals surface area contributed by atoms with Crippen LogP contribution >= 0.6 is 15.9 Å². The van der Waals surface area contributed by atoms with E-state index in [0.717, 1.165) is 41.4 Å². The molecule has 0 N–H and O–H groups in total. The molecule has 2 amide bonds. The maximum Gasteiger partial charge on any atom is 0.257 e. The molecule has 0 aromatic heterocycles. The SMILES string of the molecule is CN1C(=O)C2(CCCN2C(=O)C2CC2)c2cc(Br)ccc21. The number of fused-ring (bicyclic) bond motifs is 2. The van der Waals surface area contributed by atoms with Gasteiger partial charge in [-0.3, -0.25) is 9.59 Å². The lowest BCUT2D eigenvalue weighted by Crippen LogP contribution is -2.51. The summed E-state index contributed by atoms with van der Waals surface area (Å²) in [6, 6.07) is 5.92. The number of nitrogens with zero attached hydrogens (tertiary/aromatic N) is 2. The lowest BCUT2D eigenvalue weighted by Gasteiger charge is -2.34. The van der Waals surface area contributed by atoms with Crippen LogP contribution in [0, 0.1) is 5.92 Å². The van der Waals surface area contributed by atoms with Gasteiger partial charge in [-0.25, -0.2) is 0 Å². The van der Waals surface area contributed by atoms with Crippen LogP contribution < -0.4 is 4.90 Å². The van der Waals surface area contributed by atoms with Crippen molar-refractivity contribution in [1.29, 1.82) is 0 Å². The van der Waals surface area contributed by atoms with Gasteiger partial charge < -0.3 is 9.80 Å². The molecule has 2 heterocycles. The molecular weight excluding hydrogens is 332 g/mol. The van der Waals surface area contributed by atoms with E-state index in [2.05, 4.69) is 15.9 Å². The quantitative estimate of drug-likeness (QED) is 0.782. The number of hydrogen-bond donors (Lipinski definition) is 0.